The van der Waals surface area contributed by atoms with Crippen molar-refractivity contribution >= 4 is 10.9 Å². The molecule has 0 aliphatic rings. The Morgan fingerprint density at radius 2 is 1.41 bits per heavy atom. The quantitative estimate of drug-likeness (QED) is 0.552. The highest BCUT2D eigenvalue weighted by molar-refractivity contribution is 5.89. The van der Waals surface area contributed by atoms with Crippen molar-refractivity contribution in [3.63, 3.8) is 0 Å². The predicted octanol–water partition coefficient (Wildman–Crippen LogP) is 3.87. The molecule has 0 saturated heterocycles. The minimum Gasteiger partial charge on any atom is -0.412 e. The Morgan fingerprint density at radius 3 is 2.18 bits per heavy atom. The molecule has 3 heteroatoms. The minimum atomic E-state index is 0. The molecule has 2 heterocycles. The van der Waals surface area contributed by atoms with Crippen LogP contribution >= 0.6 is 0 Å². The van der Waals surface area contributed by atoms with Crippen LogP contribution in [0.5, 0.6) is 0 Å². The van der Waals surface area contributed by atoms with E-state index in [0.29, 0.717) is 0 Å². The lowest BCUT2D eigenvalue weighted by Crippen LogP contribution is -1.95. The summed E-state index contributed by atoms with van der Waals surface area (Å²) in [5.41, 5.74) is 4.31. The Kier molecular flexibility index (Phi) is 3.73. The number of para-hydroxylation sites is 1. The first kappa shape index (κ1) is 14.0. The molecule has 0 fully saturated rings. The molecule has 0 aliphatic heterocycles. The number of aromatic nitrogens is 2. The molecule has 3 nitrogen and oxygen atoms in total. The fraction of sp³-hybridized carbons (Fsp3) is 0. The van der Waals surface area contributed by atoms with Crippen molar-refractivity contribution in [2.24, 2.45) is 0 Å². The zero-order valence-corrected chi connectivity index (χ0v) is 12.0. The van der Waals surface area contributed by atoms with Gasteiger partial charge in [0.25, 0.3) is 0 Å². The smallest absolute Gasteiger partial charge is 0.0730 e. The van der Waals surface area contributed by atoms with Crippen LogP contribution in [-0.4, -0.2) is 15.0 Å². The number of nitrogens with zero attached hydrogens (tertiary/aromatic N) is 2. The molecule has 0 aliphatic carbocycles. The SMILES string of the molecule is O.c1ccc(-c2cc(-n3cccc3)c3ccccc3n2)cc1. The summed E-state index contributed by atoms with van der Waals surface area (Å²) >= 11 is 0. The Labute approximate surface area is 128 Å². The molecule has 0 unspecified atom stereocenters. The molecule has 108 valence electrons. The third kappa shape index (κ3) is 2.38. The number of fused-ring (bicyclic) bond motifs is 1. The molecule has 0 atom stereocenters. The Bertz CT molecular complexity index is 884. The molecule has 0 saturated carbocycles. The highest BCUT2D eigenvalue weighted by Gasteiger charge is 2.08. The molecular weight excluding hydrogens is 272 g/mol. The van der Waals surface area contributed by atoms with Gasteiger partial charge in [0.15, 0.2) is 0 Å². The van der Waals surface area contributed by atoms with Gasteiger partial charge in [0.05, 0.1) is 16.9 Å². The van der Waals surface area contributed by atoms with Crippen LogP contribution in [0, 0.1) is 0 Å². The molecule has 2 aromatic heterocycles. The van der Waals surface area contributed by atoms with Gasteiger partial charge in [0.2, 0.25) is 0 Å². The van der Waals surface area contributed by atoms with Crippen LogP contribution in [0.25, 0.3) is 27.8 Å². The van der Waals surface area contributed by atoms with Crippen LogP contribution in [0.15, 0.2) is 85.2 Å². The van der Waals surface area contributed by atoms with E-state index in [4.69, 9.17) is 4.98 Å². The van der Waals surface area contributed by atoms with Crippen LogP contribution in [0.1, 0.15) is 0 Å². The highest BCUT2D eigenvalue weighted by Crippen LogP contribution is 2.27. The lowest BCUT2D eigenvalue weighted by molar-refractivity contribution is 0.824. The first-order valence-corrected chi connectivity index (χ1v) is 7.00. The normalized spacial score (nSPS) is 10.4. The van der Waals surface area contributed by atoms with Crippen molar-refractivity contribution in [2.45, 2.75) is 0 Å². The van der Waals surface area contributed by atoms with Crippen molar-refractivity contribution in [3.05, 3.63) is 85.2 Å². The van der Waals surface area contributed by atoms with Gasteiger partial charge in [-0.05, 0) is 24.3 Å². The monoisotopic (exact) mass is 288 g/mol. The molecule has 2 N–H and O–H groups in total. The molecule has 4 aromatic rings. The predicted molar refractivity (Wildman–Crippen MR) is 90.1 cm³/mol. The largest absolute Gasteiger partial charge is 0.412 e. The Hall–Kier alpha value is -2.91. The van der Waals surface area contributed by atoms with Gasteiger partial charge in [-0.25, -0.2) is 4.98 Å². The van der Waals surface area contributed by atoms with Gasteiger partial charge in [-0.1, -0.05) is 48.5 Å². The standard InChI is InChI=1S/C19H14N2.H2O/c1-2-8-15(9-3-1)18-14-19(21-12-6-7-13-21)16-10-4-5-11-17(16)20-18;/h1-14H;1H2. The zero-order valence-electron chi connectivity index (χ0n) is 12.0. The average molecular weight is 288 g/mol. The summed E-state index contributed by atoms with van der Waals surface area (Å²) < 4.78 is 2.14. The van der Waals surface area contributed by atoms with Crippen LogP contribution < -0.4 is 0 Å². The summed E-state index contributed by atoms with van der Waals surface area (Å²) in [5, 5.41) is 1.16. The topological polar surface area (TPSA) is 49.3 Å². The fourth-order valence-electron chi connectivity index (χ4n) is 2.62. The van der Waals surface area contributed by atoms with Crippen LogP contribution in [0.3, 0.4) is 0 Å². The molecule has 0 bridgehead atoms. The van der Waals surface area contributed by atoms with E-state index in [2.05, 4.69) is 53.4 Å². The summed E-state index contributed by atoms with van der Waals surface area (Å²) in [6.07, 6.45) is 4.13. The number of pyridine rings is 1. The number of rotatable bonds is 2. The first-order valence-electron chi connectivity index (χ1n) is 7.00. The van der Waals surface area contributed by atoms with Gasteiger partial charge >= 0.3 is 0 Å². The van der Waals surface area contributed by atoms with Gasteiger partial charge in [0, 0.05) is 23.3 Å². The molecular formula is C19H16N2O. The minimum absolute atomic E-state index is 0. The van der Waals surface area contributed by atoms with Gasteiger partial charge in [-0.2, -0.15) is 0 Å². The summed E-state index contributed by atoms with van der Waals surface area (Å²) in [6, 6.07) is 24.8. The maximum atomic E-state index is 4.80. The second kappa shape index (κ2) is 5.84. The van der Waals surface area contributed by atoms with Crippen molar-refractivity contribution in [3.8, 4) is 16.9 Å². The maximum absolute atomic E-state index is 4.80. The number of benzene rings is 2. The lowest BCUT2D eigenvalue weighted by atomic mass is 10.1. The van der Waals surface area contributed by atoms with Gasteiger partial charge in [-0.15, -0.1) is 0 Å². The maximum Gasteiger partial charge on any atom is 0.0730 e. The summed E-state index contributed by atoms with van der Waals surface area (Å²) in [4.78, 5) is 4.80. The van der Waals surface area contributed by atoms with E-state index >= 15 is 0 Å². The molecule has 0 radical (unpaired) electrons. The fourth-order valence-corrected chi connectivity index (χ4v) is 2.62. The van der Waals surface area contributed by atoms with Crippen molar-refractivity contribution in [1.82, 2.24) is 9.55 Å². The van der Waals surface area contributed by atoms with Gasteiger partial charge in [0.1, 0.15) is 0 Å². The van der Waals surface area contributed by atoms with Gasteiger partial charge < -0.3 is 10.0 Å². The molecule has 2 aromatic carbocycles. The highest BCUT2D eigenvalue weighted by atomic mass is 16.0. The van der Waals surface area contributed by atoms with E-state index in [1.54, 1.807) is 0 Å². The van der Waals surface area contributed by atoms with E-state index in [-0.39, 0.29) is 5.48 Å². The van der Waals surface area contributed by atoms with Crippen molar-refractivity contribution in [1.29, 1.82) is 0 Å². The summed E-state index contributed by atoms with van der Waals surface area (Å²) in [7, 11) is 0. The Balaban J connectivity index is 0.00000144. The second-order valence-electron chi connectivity index (χ2n) is 5.00. The summed E-state index contributed by atoms with van der Waals surface area (Å²) in [6.45, 7) is 0. The first-order chi connectivity index (χ1) is 10.4. The van der Waals surface area contributed by atoms with E-state index in [1.165, 1.54) is 0 Å². The van der Waals surface area contributed by atoms with E-state index in [1.807, 2.05) is 36.4 Å². The average Bonchev–Trinajstić information content (AvgIpc) is 3.09. The third-order valence-electron chi connectivity index (χ3n) is 3.65. The van der Waals surface area contributed by atoms with Crippen LogP contribution in [-0.2, 0) is 0 Å². The number of hydrogen-bond acceptors (Lipinski definition) is 1. The summed E-state index contributed by atoms with van der Waals surface area (Å²) in [5.74, 6) is 0. The van der Waals surface area contributed by atoms with E-state index in [9.17, 15) is 0 Å². The number of hydrogen-bond donors (Lipinski definition) is 0. The lowest BCUT2D eigenvalue weighted by Gasteiger charge is -2.11. The zero-order chi connectivity index (χ0) is 14.1. The van der Waals surface area contributed by atoms with Gasteiger partial charge in [-0.3, -0.25) is 0 Å². The molecule has 0 spiro atoms. The van der Waals surface area contributed by atoms with Crippen LogP contribution in [0.2, 0.25) is 0 Å². The van der Waals surface area contributed by atoms with Crippen LogP contribution in [0.4, 0.5) is 0 Å². The Morgan fingerprint density at radius 1 is 0.727 bits per heavy atom. The molecule has 0 amide bonds. The van der Waals surface area contributed by atoms with Crippen molar-refractivity contribution < 1.29 is 5.48 Å². The third-order valence-corrected chi connectivity index (χ3v) is 3.65. The van der Waals surface area contributed by atoms with E-state index in [0.717, 1.165) is 27.8 Å². The molecule has 4 rings (SSSR count). The van der Waals surface area contributed by atoms with E-state index < -0.39 is 0 Å². The second-order valence-corrected chi connectivity index (χ2v) is 5.00. The van der Waals surface area contributed by atoms with Crippen molar-refractivity contribution in [2.75, 3.05) is 0 Å². The molecule has 22 heavy (non-hydrogen) atoms.